The topological polar surface area (TPSA) is 49.3 Å². The van der Waals surface area contributed by atoms with Crippen molar-refractivity contribution in [1.29, 1.82) is 0 Å². The second-order valence-corrected chi connectivity index (χ2v) is 7.73. The van der Waals surface area contributed by atoms with E-state index in [9.17, 15) is 0 Å². The van der Waals surface area contributed by atoms with E-state index in [-0.39, 0.29) is 36.2 Å². The van der Waals surface area contributed by atoms with Crippen LogP contribution < -0.4 is 5.32 Å². The smallest absolute Gasteiger partial charge is 0.194 e. The van der Waals surface area contributed by atoms with E-state index in [4.69, 9.17) is 14.5 Å². The molecule has 0 saturated carbocycles. The number of ether oxygens (including phenoxy) is 2. The molecule has 1 aromatic carbocycles. The Morgan fingerprint density at radius 2 is 2.00 bits per heavy atom. The van der Waals surface area contributed by atoms with Crippen LogP contribution in [-0.2, 0) is 22.6 Å². The van der Waals surface area contributed by atoms with Crippen LogP contribution in [0, 0.1) is 0 Å². The third-order valence-corrected chi connectivity index (χ3v) is 5.50. The van der Waals surface area contributed by atoms with E-state index in [0.717, 1.165) is 64.7 Å². The zero-order valence-corrected chi connectivity index (χ0v) is 20.4. The molecular formula is C22H37IN4O2. The molecule has 2 heterocycles. The van der Waals surface area contributed by atoms with Crippen LogP contribution in [-0.4, -0.2) is 74.4 Å². The fourth-order valence-corrected chi connectivity index (χ4v) is 3.83. The van der Waals surface area contributed by atoms with E-state index in [1.54, 1.807) is 0 Å². The van der Waals surface area contributed by atoms with Crippen molar-refractivity contribution >= 4 is 29.9 Å². The van der Waals surface area contributed by atoms with Crippen molar-refractivity contribution in [3.8, 4) is 0 Å². The van der Waals surface area contributed by atoms with Gasteiger partial charge in [-0.3, -0.25) is 0 Å². The third kappa shape index (κ3) is 7.38. The molecule has 6 nitrogen and oxygen atoms in total. The molecule has 2 aliphatic heterocycles. The van der Waals surface area contributed by atoms with Crippen LogP contribution in [0.2, 0.25) is 0 Å². The van der Waals surface area contributed by atoms with Crippen molar-refractivity contribution < 1.29 is 9.47 Å². The van der Waals surface area contributed by atoms with Gasteiger partial charge < -0.3 is 24.6 Å². The minimum Gasteiger partial charge on any atom is -0.375 e. The Balaban J connectivity index is 0.00000300. The highest BCUT2D eigenvalue weighted by Gasteiger charge is 2.32. The second kappa shape index (κ2) is 12.7. The molecule has 2 unspecified atom stereocenters. The lowest BCUT2D eigenvalue weighted by atomic mass is 10.1. The van der Waals surface area contributed by atoms with Crippen LogP contribution in [0.5, 0.6) is 0 Å². The Hall–Kier alpha value is -0.900. The number of hydrogen-bond acceptors (Lipinski definition) is 4. The van der Waals surface area contributed by atoms with Gasteiger partial charge in [0, 0.05) is 32.8 Å². The lowest BCUT2D eigenvalue weighted by Crippen LogP contribution is -2.53. The van der Waals surface area contributed by atoms with Crippen molar-refractivity contribution in [2.24, 2.45) is 4.99 Å². The molecule has 2 saturated heterocycles. The van der Waals surface area contributed by atoms with Gasteiger partial charge in [0.15, 0.2) is 5.96 Å². The van der Waals surface area contributed by atoms with Crippen LogP contribution in [0.25, 0.3) is 0 Å². The van der Waals surface area contributed by atoms with E-state index in [2.05, 4.69) is 60.3 Å². The standard InChI is InChI=1S/C22H36N4O2.HI/c1-4-23-22(26-11-13-28-21(17-26)20-10-7-12-27-20)24-15-18-8-6-9-19(14-18)16-25(3)5-2;/h6,8-9,14,20-21H,4-5,7,10-13,15-17H2,1-3H3,(H,23,24);1H. The Kier molecular flexibility index (Phi) is 10.7. The number of aliphatic imine (C=N–C) groups is 1. The van der Waals surface area contributed by atoms with E-state index in [0.29, 0.717) is 6.54 Å². The summed E-state index contributed by atoms with van der Waals surface area (Å²) >= 11 is 0. The van der Waals surface area contributed by atoms with Crippen molar-refractivity contribution in [2.75, 3.05) is 46.4 Å². The molecule has 1 aromatic rings. The van der Waals surface area contributed by atoms with Gasteiger partial charge in [0.25, 0.3) is 0 Å². The van der Waals surface area contributed by atoms with E-state index in [1.807, 2.05) is 0 Å². The molecule has 0 spiro atoms. The zero-order chi connectivity index (χ0) is 19.8. The summed E-state index contributed by atoms with van der Waals surface area (Å²) < 4.78 is 11.8. The van der Waals surface area contributed by atoms with Crippen LogP contribution in [0.3, 0.4) is 0 Å². The van der Waals surface area contributed by atoms with E-state index in [1.165, 1.54) is 11.1 Å². The second-order valence-electron chi connectivity index (χ2n) is 7.73. The number of nitrogens with one attached hydrogen (secondary N) is 1. The molecule has 0 radical (unpaired) electrons. The number of hydrogen-bond donors (Lipinski definition) is 1. The summed E-state index contributed by atoms with van der Waals surface area (Å²) in [7, 11) is 2.15. The molecule has 0 aromatic heterocycles. The predicted octanol–water partition coefficient (Wildman–Crippen LogP) is 3.10. The lowest BCUT2D eigenvalue weighted by Gasteiger charge is -2.37. The lowest BCUT2D eigenvalue weighted by molar-refractivity contribution is -0.0817. The van der Waals surface area contributed by atoms with Crippen LogP contribution >= 0.6 is 24.0 Å². The molecule has 2 aliphatic rings. The summed E-state index contributed by atoms with van der Waals surface area (Å²) in [5.41, 5.74) is 2.59. The van der Waals surface area contributed by atoms with Crippen molar-refractivity contribution in [2.45, 2.75) is 52.0 Å². The molecule has 0 amide bonds. The van der Waals surface area contributed by atoms with Gasteiger partial charge in [-0.25, -0.2) is 4.99 Å². The average Bonchev–Trinajstić information content (AvgIpc) is 3.26. The third-order valence-electron chi connectivity index (χ3n) is 5.50. The summed E-state index contributed by atoms with van der Waals surface area (Å²) in [4.78, 5) is 9.57. The molecular weight excluding hydrogens is 479 g/mol. The molecule has 164 valence electrons. The minimum atomic E-state index is 0. The van der Waals surface area contributed by atoms with Crippen molar-refractivity contribution in [3.05, 3.63) is 35.4 Å². The highest BCUT2D eigenvalue weighted by molar-refractivity contribution is 14.0. The Morgan fingerprint density at radius 3 is 2.72 bits per heavy atom. The number of halogens is 1. The fourth-order valence-electron chi connectivity index (χ4n) is 3.83. The number of rotatable bonds is 7. The molecule has 29 heavy (non-hydrogen) atoms. The summed E-state index contributed by atoms with van der Waals surface area (Å²) in [6.45, 7) is 11.2. The van der Waals surface area contributed by atoms with E-state index < -0.39 is 0 Å². The predicted molar refractivity (Wildman–Crippen MR) is 129 cm³/mol. The largest absolute Gasteiger partial charge is 0.375 e. The maximum atomic E-state index is 5.99. The highest BCUT2D eigenvalue weighted by atomic mass is 127. The highest BCUT2D eigenvalue weighted by Crippen LogP contribution is 2.21. The summed E-state index contributed by atoms with van der Waals surface area (Å²) in [6, 6.07) is 8.77. The number of morpholine rings is 1. The molecule has 0 bridgehead atoms. The molecule has 2 atom stereocenters. The molecule has 7 heteroatoms. The van der Waals surface area contributed by atoms with Gasteiger partial charge in [0.05, 0.1) is 19.3 Å². The average molecular weight is 516 g/mol. The van der Waals surface area contributed by atoms with Crippen LogP contribution in [0.15, 0.2) is 29.3 Å². The fraction of sp³-hybridized carbons (Fsp3) is 0.682. The molecule has 2 fully saturated rings. The molecule has 1 N–H and O–H groups in total. The Bertz CT molecular complexity index is 637. The Morgan fingerprint density at radius 1 is 1.21 bits per heavy atom. The van der Waals surface area contributed by atoms with Gasteiger partial charge in [-0.2, -0.15) is 0 Å². The van der Waals surface area contributed by atoms with Gasteiger partial charge in [-0.05, 0) is 44.5 Å². The maximum Gasteiger partial charge on any atom is 0.194 e. The molecule has 3 rings (SSSR count). The van der Waals surface area contributed by atoms with Gasteiger partial charge in [-0.1, -0.05) is 31.2 Å². The monoisotopic (exact) mass is 516 g/mol. The van der Waals surface area contributed by atoms with Gasteiger partial charge >= 0.3 is 0 Å². The summed E-state index contributed by atoms with van der Waals surface area (Å²) in [6.07, 6.45) is 2.62. The van der Waals surface area contributed by atoms with Crippen LogP contribution in [0.4, 0.5) is 0 Å². The van der Waals surface area contributed by atoms with Crippen LogP contribution in [0.1, 0.15) is 37.8 Å². The van der Waals surface area contributed by atoms with Gasteiger partial charge in [-0.15, -0.1) is 24.0 Å². The number of guanidine groups is 1. The number of nitrogens with zero attached hydrogens (tertiary/aromatic N) is 3. The van der Waals surface area contributed by atoms with E-state index >= 15 is 0 Å². The normalized spacial score (nSPS) is 22.6. The van der Waals surface area contributed by atoms with Gasteiger partial charge in [0.1, 0.15) is 6.10 Å². The Labute approximate surface area is 193 Å². The zero-order valence-electron chi connectivity index (χ0n) is 18.1. The first-order chi connectivity index (χ1) is 13.7. The first-order valence-corrected chi connectivity index (χ1v) is 10.7. The SMILES string of the molecule is CCNC(=NCc1cccc(CN(C)CC)c1)N1CCOC(C2CCCO2)C1.I. The van der Waals surface area contributed by atoms with Crippen molar-refractivity contribution in [1.82, 2.24) is 15.1 Å². The maximum absolute atomic E-state index is 5.99. The molecule has 0 aliphatic carbocycles. The van der Waals surface area contributed by atoms with Gasteiger partial charge in [0.2, 0.25) is 0 Å². The summed E-state index contributed by atoms with van der Waals surface area (Å²) in [5.74, 6) is 0.977. The quantitative estimate of drug-likeness (QED) is 0.343. The first-order valence-electron chi connectivity index (χ1n) is 10.7. The first kappa shape index (κ1) is 24.4. The minimum absolute atomic E-state index is 0. The van der Waals surface area contributed by atoms with Crippen molar-refractivity contribution in [3.63, 3.8) is 0 Å². The number of benzene rings is 1. The summed E-state index contributed by atoms with van der Waals surface area (Å²) in [5, 5.41) is 3.46.